The highest BCUT2D eigenvalue weighted by atomic mass is 32.2. The van der Waals surface area contributed by atoms with Crippen molar-refractivity contribution < 1.29 is 13.2 Å². The molecule has 4 rings (SSSR count). The quantitative estimate of drug-likeness (QED) is 0.507. The highest BCUT2D eigenvalue weighted by Crippen LogP contribution is 2.23. The summed E-state index contributed by atoms with van der Waals surface area (Å²) in [6.07, 6.45) is 1.79. The molecule has 0 aliphatic carbocycles. The molecule has 0 radical (unpaired) electrons. The Kier molecular flexibility index (Phi) is 6.92. The molecule has 1 amide bonds. The molecule has 10 heteroatoms. The van der Waals surface area contributed by atoms with Gasteiger partial charge in [-0.05, 0) is 49.6 Å². The summed E-state index contributed by atoms with van der Waals surface area (Å²) in [5, 5.41) is 11.8. The average Bonchev–Trinajstić information content (AvgIpc) is 3.45. The predicted octanol–water partition coefficient (Wildman–Crippen LogP) is 3.15. The maximum Gasteiger partial charge on any atom is 0.243 e. The Labute approximate surface area is 192 Å². The first kappa shape index (κ1) is 22.5. The fourth-order valence-corrected chi connectivity index (χ4v) is 5.83. The molecule has 1 aliphatic heterocycles. The number of amides is 1. The Morgan fingerprint density at radius 2 is 1.72 bits per heavy atom. The number of aromatic nitrogens is 3. The SMILES string of the molecule is Cc1nnc(SCC(=O)Nc2ccc(S(=O)(=O)N3CCCC3)cc2)n1Cc1ccccc1. The minimum atomic E-state index is -3.46. The highest BCUT2D eigenvalue weighted by Gasteiger charge is 2.27. The summed E-state index contributed by atoms with van der Waals surface area (Å²) in [5.74, 6) is 0.754. The molecule has 168 valence electrons. The van der Waals surface area contributed by atoms with Crippen molar-refractivity contribution in [2.45, 2.75) is 36.4 Å². The van der Waals surface area contributed by atoms with Crippen molar-refractivity contribution in [2.24, 2.45) is 0 Å². The van der Waals surface area contributed by atoms with Crippen molar-refractivity contribution >= 4 is 33.4 Å². The van der Waals surface area contributed by atoms with Crippen LogP contribution in [0.15, 0.2) is 64.6 Å². The smallest absolute Gasteiger partial charge is 0.243 e. The Balaban J connectivity index is 1.35. The van der Waals surface area contributed by atoms with Gasteiger partial charge >= 0.3 is 0 Å². The fraction of sp³-hybridized carbons (Fsp3) is 0.318. The monoisotopic (exact) mass is 471 g/mol. The van der Waals surface area contributed by atoms with Gasteiger partial charge in [0.25, 0.3) is 0 Å². The third-order valence-corrected chi connectivity index (χ3v) is 8.14. The largest absolute Gasteiger partial charge is 0.325 e. The van der Waals surface area contributed by atoms with E-state index < -0.39 is 10.0 Å². The summed E-state index contributed by atoms with van der Waals surface area (Å²) in [6.45, 7) is 3.65. The van der Waals surface area contributed by atoms with Gasteiger partial charge in [-0.2, -0.15) is 4.31 Å². The summed E-state index contributed by atoms with van der Waals surface area (Å²) in [7, 11) is -3.46. The molecule has 1 saturated heterocycles. The number of carbonyl (C=O) groups is 1. The molecule has 8 nitrogen and oxygen atoms in total. The van der Waals surface area contributed by atoms with Crippen LogP contribution >= 0.6 is 11.8 Å². The van der Waals surface area contributed by atoms with E-state index in [2.05, 4.69) is 15.5 Å². The van der Waals surface area contributed by atoms with Crippen LogP contribution in [0.4, 0.5) is 5.69 Å². The second-order valence-electron chi connectivity index (χ2n) is 7.57. The molecule has 1 fully saturated rings. The number of benzene rings is 2. The lowest BCUT2D eigenvalue weighted by Crippen LogP contribution is -2.27. The van der Waals surface area contributed by atoms with Crippen molar-refractivity contribution in [1.82, 2.24) is 19.1 Å². The standard InChI is InChI=1S/C22H25N5O3S2/c1-17-24-25-22(27(17)15-18-7-3-2-4-8-18)31-16-21(28)23-19-9-11-20(12-10-19)32(29,30)26-13-5-6-14-26/h2-4,7-12H,5-6,13-16H2,1H3,(H,23,28). The molecular weight excluding hydrogens is 446 g/mol. The van der Waals surface area contributed by atoms with E-state index in [1.807, 2.05) is 41.8 Å². The Morgan fingerprint density at radius 1 is 1.03 bits per heavy atom. The van der Waals surface area contributed by atoms with Gasteiger partial charge in [-0.1, -0.05) is 42.1 Å². The summed E-state index contributed by atoms with van der Waals surface area (Å²) in [6, 6.07) is 16.3. The number of rotatable bonds is 8. The van der Waals surface area contributed by atoms with Gasteiger partial charge in [0.1, 0.15) is 5.82 Å². The lowest BCUT2D eigenvalue weighted by molar-refractivity contribution is -0.113. The number of sulfonamides is 1. The molecule has 3 aromatic rings. The summed E-state index contributed by atoms with van der Waals surface area (Å²) < 4.78 is 28.7. The van der Waals surface area contributed by atoms with Crippen molar-refractivity contribution in [2.75, 3.05) is 24.2 Å². The number of thioether (sulfide) groups is 1. The second kappa shape index (κ2) is 9.85. The van der Waals surface area contributed by atoms with Crippen molar-refractivity contribution in [3.63, 3.8) is 0 Å². The summed E-state index contributed by atoms with van der Waals surface area (Å²) in [5.41, 5.74) is 1.68. The number of nitrogens with one attached hydrogen (secondary N) is 1. The van der Waals surface area contributed by atoms with Crippen LogP contribution in [-0.4, -0.2) is 52.2 Å². The minimum absolute atomic E-state index is 0.167. The highest BCUT2D eigenvalue weighted by molar-refractivity contribution is 7.99. The van der Waals surface area contributed by atoms with Crippen LogP contribution < -0.4 is 5.32 Å². The molecule has 0 spiro atoms. The lowest BCUT2D eigenvalue weighted by Gasteiger charge is -2.15. The van der Waals surface area contributed by atoms with Crippen LogP contribution in [0.25, 0.3) is 0 Å². The van der Waals surface area contributed by atoms with E-state index in [1.165, 1.54) is 28.2 Å². The van der Waals surface area contributed by atoms with E-state index in [0.29, 0.717) is 30.5 Å². The van der Waals surface area contributed by atoms with E-state index in [4.69, 9.17) is 0 Å². The van der Waals surface area contributed by atoms with Crippen molar-refractivity contribution in [3.8, 4) is 0 Å². The Morgan fingerprint density at radius 3 is 2.41 bits per heavy atom. The van der Waals surface area contributed by atoms with Gasteiger partial charge in [0.2, 0.25) is 15.9 Å². The van der Waals surface area contributed by atoms with E-state index in [1.54, 1.807) is 12.1 Å². The normalized spacial score (nSPS) is 14.5. The third kappa shape index (κ3) is 5.20. The molecule has 0 saturated carbocycles. The van der Waals surface area contributed by atoms with Gasteiger partial charge in [0.15, 0.2) is 5.16 Å². The van der Waals surface area contributed by atoms with Crippen LogP contribution in [0, 0.1) is 6.92 Å². The topological polar surface area (TPSA) is 97.2 Å². The fourth-order valence-electron chi connectivity index (χ4n) is 3.53. The number of hydrogen-bond donors (Lipinski definition) is 1. The number of anilines is 1. The molecule has 2 aromatic carbocycles. The maximum absolute atomic E-state index is 12.6. The van der Waals surface area contributed by atoms with Gasteiger partial charge in [-0.3, -0.25) is 4.79 Å². The molecule has 1 aromatic heterocycles. The molecular formula is C22H25N5O3S2. The molecule has 0 atom stereocenters. The van der Waals surface area contributed by atoms with Gasteiger partial charge in [0, 0.05) is 18.8 Å². The van der Waals surface area contributed by atoms with Crippen LogP contribution in [0.2, 0.25) is 0 Å². The van der Waals surface area contributed by atoms with Gasteiger partial charge in [-0.15, -0.1) is 10.2 Å². The predicted molar refractivity (Wildman–Crippen MR) is 124 cm³/mol. The summed E-state index contributed by atoms with van der Waals surface area (Å²) in [4.78, 5) is 12.7. The first-order chi connectivity index (χ1) is 15.4. The van der Waals surface area contributed by atoms with Crippen LogP contribution in [0.1, 0.15) is 24.2 Å². The maximum atomic E-state index is 12.6. The minimum Gasteiger partial charge on any atom is -0.325 e. The van der Waals surface area contributed by atoms with Crippen LogP contribution in [0.3, 0.4) is 0 Å². The van der Waals surface area contributed by atoms with E-state index in [-0.39, 0.29) is 16.6 Å². The van der Waals surface area contributed by atoms with Crippen LogP contribution in [-0.2, 0) is 21.4 Å². The first-order valence-electron chi connectivity index (χ1n) is 10.4. The van der Waals surface area contributed by atoms with E-state index in [0.717, 1.165) is 24.2 Å². The number of aryl methyl sites for hydroxylation is 1. The first-order valence-corrected chi connectivity index (χ1v) is 12.8. The van der Waals surface area contributed by atoms with E-state index >= 15 is 0 Å². The molecule has 0 unspecified atom stereocenters. The Bertz CT molecular complexity index is 1170. The van der Waals surface area contributed by atoms with Crippen molar-refractivity contribution in [3.05, 3.63) is 66.0 Å². The molecule has 1 N–H and O–H groups in total. The number of nitrogens with zero attached hydrogens (tertiary/aromatic N) is 4. The van der Waals surface area contributed by atoms with Gasteiger partial charge in [-0.25, -0.2) is 8.42 Å². The number of carbonyl (C=O) groups excluding carboxylic acids is 1. The second-order valence-corrected chi connectivity index (χ2v) is 10.5. The van der Waals surface area contributed by atoms with Crippen molar-refractivity contribution in [1.29, 1.82) is 0 Å². The molecule has 1 aliphatic rings. The third-order valence-electron chi connectivity index (χ3n) is 5.26. The van der Waals surface area contributed by atoms with Gasteiger partial charge < -0.3 is 9.88 Å². The Hall–Kier alpha value is -2.69. The molecule has 0 bridgehead atoms. The lowest BCUT2D eigenvalue weighted by atomic mass is 10.2. The zero-order valence-corrected chi connectivity index (χ0v) is 19.4. The number of hydrogen-bond acceptors (Lipinski definition) is 6. The van der Waals surface area contributed by atoms with Gasteiger partial charge in [0.05, 0.1) is 17.2 Å². The molecule has 32 heavy (non-hydrogen) atoms. The molecule has 2 heterocycles. The zero-order valence-electron chi connectivity index (χ0n) is 17.8. The zero-order chi connectivity index (χ0) is 22.6. The van der Waals surface area contributed by atoms with E-state index in [9.17, 15) is 13.2 Å². The van der Waals surface area contributed by atoms with Crippen LogP contribution in [0.5, 0.6) is 0 Å². The summed E-state index contributed by atoms with van der Waals surface area (Å²) >= 11 is 1.31. The average molecular weight is 472 g/mol.